The van der Waals surface area contributed by atoms with E-state index in [1.165, 1.54) is 0 Å². The lowest BCUT2D eigenvalue weighted by Crippen LogP contribution is -2.13. The van der Waals surface area contributed by atoms with E-state index in [-0.39, 0.29) is 18.1 Å². The molecule has 2 aromatic carbocycles. The van der Waals surface area contributed by atoms with Gasteiger partial charge < -0.3 is 18.7 Å². The number of hydrogen-bond acceptors (Lipinski definition) is 7. The summed E-state index contributed by atoms with van der Waals surface area (Å²) in [4.78, 5) is 29.1. The van der Waals surface area contributed by atoms with Crippen LogP contribution in [0.2, 0.25) is 0 Å². The standard InChI is InChI=1S/C19H13NO6/c1-11(20-26-18(21)12-5-3-2-4-6-12)14-7-13-8-16-17(24-10-23-16)9-15(13)25-19(14)22/h2-9H,10H2,1H3/b20-11+. The van der Waals surface area contributed by atoms with Gasteiger partial charge in [0.1, 0.15) is 5.58 Å². The van der Waals surface area contributed by atoms with Crippen LogP contribution in [0.15, 0.2) is 62.9 Å². The quantitative estimate of drug-likeness (QED) is 0.312. The Morgan fingerprint density at radius 2 is 1.81 bits per heavy atom. The topological polar surface area (TPSA) is 87.3 Å². The number of ether oxygens (including phenoxy) is 2. The molecule has 0 atom stereocenters. The molecule has 0 N–H and O–H groups in total. The Bertz CT molecular complexity index is 1080. The first-order valence-corrected chi connectivity index (χ1v) is 7.81. The highest BCUT2D eigenvalue weighted by molar-refractivity contribution is 6.01. The van der Waals surface area contributed by atoms with Crippen LogP contribution in [0.5, 0.6) is 11.5 Å². The van der Waals surface area contributed by atoms with E-state index in [2.05, 4.69) is 5.16 Å². The average Bonchev–Trinajstić information content (AvgIpc) is 3.11. The van der Waals surface area contributed by atoms with E-state index in [1.807, 2.05) is 0 Å². The van der Waals surface area contributed by atoms with Crippen molar-refractivity contribution in [3.05, 3.63) is 70.1 Å². The molecule has 7 nitrogen and oxygen atoms in total. The maximum absolute atomic E-state index is 12.2. The molecule has 0 fully saturated rings. The van der Waals surface area contributed by atoms with Gasteiger partial charge in [0, 0.05) is 11.5 Å². The van der Waals surface area contributed by atoms with E-state index in [9.17, 15) is 9.59 Å². The van der Waals surface area contributed by atoms with Gasteiger partial charge in [-0.25, -0.2) is 9.59 Å². The molecule has 4 rings (SSSR count). The number of oxime groups is 1. The first kappa shape index (κ1) is 15.9. The van der Waals surface area contributed by atoms with Gasteiger partial charge in [-0.15, -0.1) is 0 Å². The van der Waals surface area contributed by atoms with Crippen LogP contribution in [-0.4, -0.2) is 18.5 Å². The lowest BCUT2D eigenvalue weighted by Gasteiger charge is -2.03. The molecule has 26 heavy (non-hydrogen) atoms. The highest BCUT2D eigenvalue weighted by atomic mass is 16.7. The Hall–Kier alpha value is -3.61. The molecule has 0 amide bonds. The van der Waals surface area contributed by atoms with Crippen molar-refractivity contribution in [2.45, 2.75) is 6.92 Å². The molecule has 1 aliphatic rings. The van der Waals surface area contributed by atoms with Crippen LogP contribution in [0.25, 0.3) is 11.0 Å². The van der Waals surface area contributed by atoms with E-state index in [1.54, 1.807) is 55.5 Å². The maximum Gasteiger partial charge on any atom is 0.365 e. The van der Waals surface area contributed by atoms with Crippen molar-refractivity contribution < 1.29 is 23.5 Å². The highest BCUT2D eigenvalue weighted by Crippen LogP contribution is 2.35. The minimum Gasteiger partial charge on any atom is -0.454 e. The normalized spacial score (nSPS) is 13.0. The number of rotatable bonds is 3. The minimum atomic E-state index is -0.613. The molecule has 0 saturated carbocycles. The summed E-state index contributed by atoms with van der Waals surface area (Å²) in [5, 5.41) is 4.41. The van der Waals surface area contributed by atoms with Crippen LogP contribution in [0.1, 0.15) is 22.8 Å². The van der Waals surface area contributed by atoms with Crippen LogP contribution in [-0.2, 0) is 4.84 Å². The van der Waals surface area contributed by atoms with Crippen molar-refractivity contribution in [1.82, 2.24) is 0 Å². The van der Waals surface area contributed by atoms with Gasteiger partial charge in [-0.1, -0.05) is 23.4 Å². The zero-order valence-corrected chi connectivity index (χ0v) is 13.7. The molecule has 1 aromatic heterocycles. The Labute approximate surface area is 147 Å². The zero-order valence-electron chi connectivity index (χ0n) is 13.7. The number of hydrogen-bond donors (Lipinski definition) is 0. The van der Waals surface area contributed by atoms with Crippen LogP contribution >= 0.6 is 0 Å². The molecule has 1 aliphatic heterocycles. The van der Waals surface area contributed by atoms with Crippen molar-refractivity contribution in [3.8, 4) is 11.5 Å². The fourth-order valence-corrected chi connectivity index (χ4v) is 2.55. The molecule has 0 spiro atoms. The van der Waals surface area contributed by atoms with Crippen LogP contribution in [0, 0.1) is 0 Å². The minimum absolute atomic E-state index is 0.124. The second-order valence-corrected chi connectivity index (χ2v) is 5.61. The average molecular weight is 351 g/mol. The third kappa shape index (κ3) is 2.90. The summed E-state index contributed by atoms with van der Waals surface area (Å²) in [6.45, 7) is 1.68. The maximum atomic E-state index is 12.2. The predicted molar refractivity (Wildman–Crippen MR) is 92.7 cm³/mol. The summed E-state index contributed by atoms with van der Waals surface area (Å²) in [5.41, 5.74) is 0.563. The summed E-state index contributed by atoms with van der Waals surface area (Å²) in [6, 6.07) is 13.4. The summed E-state index contributed by atoms with van der Waals surface area (Å²) in [6.07, 6.45) is 0. The third-order valence-corrected chi connectivity index (χ3v) is 3.89. The van der Waals surface area contributed by atoms with E-state index < -0.39 is 11.6 Å². The lowest BCUT2D eigenvalue weighted by molar-refractivity contribution is 0.0516. The molecule has 130 valence electrons. The van der Waals surface area contributed by atoms with Gasteiger partial charge in [0.25, 0.3) is 0 Å². The predicted octanol–water partition coefficient (Wildman–Crippen LogP) is 3.10. The third-order valence-electron chi connectivity index (χ3n) is 3.89. The molecule has 3 aromatic rings. The van der Waals surface area contributed by atoms with Gasteiger partial charge in [-0.05, 0) is 31.2 Å². The number of carbonyl (C=O) groups excluding carboxylic acids is 1. The Morgan fingerprint density at radius 3 is 2.58 bits per heavy atom. The summed E-state index contributed by atoms with van der Waals surface area (Å²) in [7, 11) is 0. The van der Waals surface area contributed by atoms with Crippen molar-refractivity contribution in [3.63, 3.8) is 0 Å². The summed E-state index contributed by atoms with van der Waals surface area (Å²) < 4.78 is 15.9. The largest absolute Gasteiger partial charge is 0.454 e. The molecular weight excluding hydrogens is 338 g/mol. The SMILES string of the molecule is C/C(=N\OC(=O)c1ccccc1)c1cc2cc3c(cc2oc1=O)OCO3. The Balaban J connectivity index is 1.65. The molecule has 0 bridgehead atoms. The van der Waals surface area contributed by atoms with Crippen LogP contribution in [0.3, 0.4) is 0 Å². The van der Waals surface area contributed by atoms with Crippen molar-refractivity contribution in [1.29, 1.82) is 0 Å². The monoisotopic (exact) mass is 351 g/mol. The molecular formula is C19H13NO6. The molecule has 0 radical (unpaired) electrons. The number of benzene rings is 2. The van der Waals surface area contributed by atoms with Gasteiger partial charge in [0.15, 0.2) is 11.5 Å². The molecule has 7 heteroatoms. The van der Waals surface area contributed by atoms with E-state index in [0.29, 0.717) is 28.0 Å². The van der Waals surface area contributed by atoms with Crippen molar-refractivity contribution in [2.75, 3.05) is 6.79 Å². The van der Waals surface area contributed by atoms with Gasteiger partial charge in [-0.2, -0.15) is 0 Å². The Kier molecular flexibility index (Phi) is 3.89. The smallest absolute Gasteiger partial charge is 0.365 e. The first-order valence-electron chi connectivity index (χ1n) is 7.81. The van der Waals surface area contributed by atoms with Crippen LogP contribution < -0.4 is 15.1 Å². The molecule has 0 saturated heterocycles. The summed E-state index contributed by atoms with van der Waals surface area (Å²) in [5.74, 6) is 0.483. The molecule has 0 unspecified atom stereocenters. The van der Waals surface area contributed by atoms with E-state index in [0.717, 1.165) is 0 Å². The number of fused-ring (bicyclic) bond motifs is 2. The number of carbonyl (C=O) groups is 1. The van der Waals surface area contributed by atoms with Gasteiger partial charge in [-0.3, -0.25) is 0 Å². The number of nitrogens with zero attached hydrogens (tertiary/aromatic N) is 1. The fourth-order valence-electron chi connectivity index (χ4n) is 2.55. The molecule has 0 aliphatic carbocycles. The second kappa shape index (κ2) is 6.36. The van der Waals surface area contributed by atoms with Gasteiger partial charge in [0.2, 0.25) is 6.79 Å². The van der Waals surface area contributed by atoms with Crippen LogP contribution in [0.4, 0.5) is 0 Å². The highest BCUT2D eigenvalue weighted by Gasteiger charge is 2.17. The zero-order chi connectivity index (χ0) is 18.1. The van der Waals surface area contributed by atoms with E-state index >= 15 is 0 Å². The van der Waals surface area contributed by atoms with Crippen molar-refractivity contribution >= 4 is 22.7 Å². The second-order valence-electron chi connectivity index (χ2n) is 5.61. The van der Waals surface area contributed by atoms with E-state index in [4.69, 9.17) is 18.7 Å². The molecule has 2 heterocycles. The van der Waals surface area contributed by atoms with Gasteiger partial charge >= 0.3 is 11.6 Å². The van der Waals surface area contributed by atoms with Gasteiger partial charge in [0.05, 0.1) is 16.8 Å². The lowest BCUT2D eigenvalue weighted by atomic mass is 10.1. The summed E-state index contributed by atoms with van der Waals surface area (Å²) >= 11 is 0. The van der Waals surface area contributed by atoms with Crippen molar-refractivity contribution in [2.24, 2.45) is 5.16 Å². The Morgan fingerprint density at radius 1 is 1.08 bits per heavy atom. The fraction of sp³-hybridized carbons (Fsp3) is 0.105. The first-order chi connectivity index (χ1) is 12.6.